The average molecular weight is 1170 g/mol. The zero-order chi connectivity index (χ0) is 58.7. The number of hydrogen-bond donors (Lipinski definition) is 0. The predicted molar refractivity (Wildman–Crippen MR) is 358 cm³/mol. The maximum Gasteiger partial charge on any atom is 2.00 e. The van der Waals surface area contributed by atoms with Crippen molar-refractivity contribution in [2.75, 3.05) is 26.2 Å². The number of unbranched alkanes of at least 4 members (excludes halogenated alkanes) is 56. The van der Waals surface area contributed by atoms with Crippen LogP contribution >= 0.6 is 0 Å². The summed E-state index contributed by atoms with van der Waals surface area (Å²) in [5.74, 6) is -1.83. The molecule has 0 radical (unpaired) electrons. The van der Waals surface area contributed by atoms with E-state index in [9.17, 15) is 19.8 Å². The molecule has 0 aliphatic rings. The first-order chi connectivity index (χ1) is 39.3. The van der Waals surface area contributed by atoms with Crippen LogP contribution in [0.4, 0.5) is 0 Å². The second-order valence-electron chi connectivity index (χ2n) is 25.9. The monoisotopic (exact) mass is 1170 g/mol. The maximum atomic E-state index is 11.5. The zero-order valence-corrected chi connectivity index (χ0v) is 58.9. The Morgan fingerprint density at radius 2 is 0.321 bits per heavy atom. The van der Waals surface area contributed by atoms with Crippen molar-refractivity contribution in [2.45, 2.75) is 439 Å². The van der Waals surface area contributed by atoms with Gasteiger partial charge in [-0.1, -0.05) is 387 Å². The minimum absolute atomic E-state index is 0. The van der Waals surface area contributed by atoms with Crippen LogP contribution in [0.5, 0.6) is 0 Å². The van der Waals surface area contributed by atoms with Crippen molar-refractivity contribution in [1.82, 2.24) is 9.80 Å². The minimum atomic E-state index is -0.915. The van der Waals surface area contributed by atoms with Crippen molar-refractivity contribution in [1.29, 1.82) is 0 Å². The van der Waals surface area contributed by atoms with E-state index in [1.807, 2.05) is 13.8 Å². The van der Waals surface area contributed by atoms with E-state index in [0.29, 0.717) is 0 Å². The Balaban J connectivity index is -0.00000148. The second kappa shape index (κ2) is 74.4. The van der Waals surface area contributed by atoms with E-state index in [1.165, 1.54) is 360 Å². The van der Waals surface area contributed by atoms with Crippen molar-refractivity contribution in [3.63, 3.8) is 0 Å². The smallest absolute Gasteiger partial charge is 0.548 e. The summed E-state index contributed by atoms with van der Waals surface area (Å²) < 4.78 is 0. The molecule has 0 N–H and O–H groups in total. The largest absolute Gasteiger partial charge is 2.00 e. The summed E-state index contributed by atoms with van der Waals surface area (Å²) in [4.78, 5) is 27.4. The van der Waals surface area contributed by atoms with Gasteiger partial charge in [0.25, 0.3) is 0 Å². The molecular formula is C74H148CaN2O4. The molecule has 2 atom stereocenters. The summed E-state index contributed by atoms with van der Waals surface area (Å²) in [7, 11) is 0. The van der Waals surface area contributed by atoms with E-state index in [1.54, 1.807) is 0 Å². The summed E-state index contributed by atoms with van der Waals surface area (Å²) in [5.41, 5.74) is 0. The zero-order valence-electron chi connectivity index (χ0n) is 56.6. The molecule has 0 aromatic rings. The van der Waals surface area contributed by atoms with E-state index in [2.05, 4.69) is 37.5 Å². The van der Waals surface area contributed by atoms with Gasteiger partial charge in [0.2, 0.25) is 0 Å². The average Bonchev–Trinajstić information content (AvgIpc) is 3.45. The number of carboxylic acid groups (broad SMARTS) is 2. The fourth-order valence-corrected chi connectivity index (χ4v) is 12.0. The number of carbonyl (C=O) groups is 2. The first-order valence-corrected chi connectivity index (χ1v) is 37.2. The third-order valence-electron chi connectivity index (χ3n) is 18.0. The molecule has 0 fully saturated rings. The van der Waals surface area contributed by atoms with Gasteiger partial charge in [-0.2, -0.15) is 0 Å². The van der Waals surface area contributed by atoms with Crippen LogP contribution in [0, 0.1) is 0 Å². The molecule has 0 saturated carbocycles. The van der Waals surface area contributed by atoms with Gasteiger partial charge in [-0.15, -0.1) is 0 Å². The summed E-state index contributed by atoms with van der Waals surface area (Å²) in [6.45, 7) is 16.4. The molecule has 0 saturated heterocycles. The Morgan fingerprint density at radius 1 is 0.222 bits per heavy atom. The number of rotatable bonds is 68. The molecule has 0 bridgehead atoms. The van der Waals surface area contributed by atoms with Crippen LogP contribution in [-0.2, 0) is 9.59 Å². The summed E-state index contributed by atoms with van der Waals surface area (Å²) in [6, 6.07) is -0.920. The molecule has 0 heterocycles. The van der Waals surface area contributed by atoms with Gasteiger partial charge in [-0.05, 0) is 65.7 Å². The first-order valence-electron chi connectivity index (χ1n) is 37.2. The van der Waals surface area contributed by atoms with Crippen molar-refractivity contribution in [3.05, 3.63) is 0 Å². The van der Waals surface area contributed by atoms with Crippen LogP contribution in [-0.4, -0.2) is 97.7 Å². The predicted octanol–water partition coefficient (Wildman–Crippen LogP) is 22.0. The van der Waals surface area contributed by atoms with Gasteiger partial charge in [0, 0.05) is 12.1 Å². The van der Waals surface area contributed by atoms with Crippen LogP contribution in [0.25, 0.3) is 0 Å². The molecule has 0 aliphatic heterocycles. The van der Waals surface area contributed by atoms with Gasteiger partial charge < -0.3 is 19.8 Å². The molecule has 81 heavy (non-hydrogen) atoms. The van der Waals surface area contributed by atoms with Gasteiger partial charge in [-0.3, -0.25) is 9.80 Å². The normalized spacial score (nSPS) is 12.2. The van der Waals surface area contributed by atoms with Crippen LogP contribution in [0.3, 0.4) is 0 Å². The van der Waals surface area contributed by atoms with Crippen LogP contribution in [0.2, 0.25) is 0 Å². The molecule has 480 valence electrons. The van der Waals surface area contributed by atoms with E-state index in [-0.39, 0.29) is 37.7 Å². The van der Waals surface area contributed by atoms with E-state index >= 15 is 0 Å². The molecule has 0 aromatic carbocycles. The molecule has 7 heteroatoms. The molecule has 0 spiro atoms. The van der Waals surface area contributed by atoms with Crippen molar-refractivity contribution in [3.8, 4) is 0 Å². The van der Waals surface area contributed by atoms with Gasteiger partial charge in [0.1, 0.15) is 0 Å². The SMILES string of the molecule is CCCCCCCCCCCCCCCCCN(CCCCCCCCCCCCCCCCC)C(C)C(=O)[O-].CCCCCCCCCCCCCCCCCN(CCCCCCCCCCCCCCCCC)C(C)C(=O)[O-].[Ca+2]. The topological polar surface area (TPSA) is 86.7 Å². The number of nitrogens with zero attached hydrogens (tertiary/aromatic N) is 2. The quantitative estimate of drug-likeness (QED) is 0.0445. The second-order valence-corrected chi connectivity index (χ2v) is 25.9. The van der Waals surface area contributed by atoms with Gasteiger partial charge >= 0.3 is 37.7 Å². The van der Waals surface area contributed by atoms with Gasteiger partial charge in [0.15, 0.2) is 0 Å². The van der Waals surface area contributed by atoms with Gasteiger partial charge in [-0.25, -0.2) is 0 Å². The Labute approximate surface area is 540 Å². The molecule has 0 aliphatic carbocycles. The Kier molecular flexibility index (Phi) is 78.3. The van der Waals surface area contributed by atoms with Crippen molar-refractivity contribution >= 4 is 49.7 Å². The fourth-order valence-electron chi connectivity index (χ4n) is 12.0. The number of carboxylic acids is 2. The van der Waals surface area contributed by atoms with Crippen LogP contribution in [0.15, 0.2) is 0 Å². The maximum absolute atomic E-state index is 11.5. The van der Waals surface area contributed by atoms with E-state index < -0.39 is 24.0 Å². The van der Waals surface area contributed by atoms with Crippen LogP contribution in [0.1, 0.15) is 427 Å². The number of carbonyl (C=O) groups excluding carboxylic acids is 2. The molecule has 0 rings (SSSR count). The molecule has 0 aromatic heterocycles. The summed E-state index contributed by atoms with van der Waals surface area (Å²) in [6.07, 6.45) is 82.0. The van der Waals surface area contributed by atoms with Crippen molar-refractivity contribution in [2.24, 2.45) is 0 Å². The minimum Gasteiger partial charge on any atom is -0.548 e. The third-order valence-corrected chi connectivity index (χ3v) is 18.0. The number of aliphatic carboxylic acids is 2. The third kappa shape index (κ3) is 69.1. The molecular weight excluding hydrogens is 1020 g/mol. The fraction of sp³-hybridized carbons (Fsp3) is 0.973. The van der Waals surface area contributed by atoms with E-state index in [4.69, 9.17) is 0 Å². The standard InChI is InChI=1S/2C37H75NO2.Ca/c2*1-4-6-8-10-12-14-16-18-20-22-24-26-28-30-32-34-38(36(3)37(39)40)35-33-31-29-27-25-23-21-19-17-15-13-11-9-7-5-2;/h2*36H,4-35H2,1-3H3,(H,39,40);/q;;+2/p-2. The Bertz CT molecular complexity index is 1020. The van der Waals surface area contributed by atoms with E-state index in [0.717, 1.165) is 51.9 Å². The van der Waals surface area contributed by atoms with Crippen molar-refractivity contribution < 1.29 is 19.8 Å². The van der Waals surface area contributed by atoms with Crippen LogP contribution < -0.4 is 10.2 Å². The summed E-state index contributed by atoms with van der Waals surface area (Å²) in [5, 5.41) is 23.0. The van der Waals surface area contributed by atoms with Gasteiger partial charge in [0.05, 0.1) is 11.9 Å². The molecule has 2 unspecified atom stereocenters. The molecule has 0 amide bonds. The Morgan fingerprint density at radius 3 is 0.420 bits per heavy atom. The Hall–Kier alpha value is 0.120. The summed E-state index contributed by atoms with van der Waals surface area (Å²) >= 11 is 0. The first kappa shape index (κ1) is 85.3. The molecule has 6 nitrogen and oxygen atoms in total. The number of hydrogen-bond acceptors (Lipinski definition) is 6.